The fraction of sp³-hybridized carbons (Fsp3) is 0.273. The van der Waals surface area contributed by atoms with Crippen LogP contribution in [-0.2, 0) is 4.74 Å². The molecule has 2 rings (SSSR count). The number of nitrogen functional groups attached to an aromatic ring is 1. The molecule has 17 heavy (non-hydrogen) atoms. The molecule has 0 amide bonds. The van der Waals surface area contributed by atoms with Crippen molar-refractivity contribution in [2.45, 2.75) is 0 Å². The highest BCUT2D eigenvalue weighted by Crippen LogP contribution is 2.38. The summed E-state index contributed by atoms with van der Waals surface area (Å²) in [5.74, 6) is -0.409. The first kappa shape index (κ1) is 11.7. The van der Waals surface area contributed by atoms with E-state index in [1.165, 1.54) is 18.4 Å². The van der Waals surface area contributed by atoms with Crippen LogP contribution in [0.1, 0.15) is 9.67 Å². The topological polar surface area (TPSA) is 68.5 Å². The summed E-state index contributed by atoms with van der Waals surface area (Å²) in [5.41, 5.74) is 7.37. The summed E-state index contributed by atoms with van der Waals surface area (Å²) in [5, 5.41) is 0.857. The average molecular weight is 251 g/mol. The summed E-state index contributed by atoms with van der Waals surface area (Å²) in [4.78, 5) is 18.0. The van der Waals surface area contributed by atoms with Gasteiger partial charge in [-0.25, -0.2) is 4.79 Å². The number of anilines is 2. The van der Waals surface area contributed by atoms with Crippen LogP contribution in [-0.4, -0.2) is 32.2 Å². The number of thiophene rings is 1. The largest absolute Gasteiger partial charge is 0.465 e. The highest BCUT2D eigenvalue weighted by Gasteiger charge is 2.19. The molecule has 90 valence electrons. The summed E-state index contributed by atoms with van der Waals surface area (Å²) < 4.78 is 5.59. The summed E-state index contributed by atoms with van der Waals surface area (Å²) in [7, 11) is 5.16. The minimum absolute atomic E-state index is 0.409. The van der Waals surface area contributed by atoms with Gasteiger partial charge in [0.25, 0.3) is 0 Å². The van der Waals surface area contributed by atoms with E-state index in [1.807, 2.05) is 19.0 Å². The quantitative estimate of drug-likeness (QED) is 0.823. The molecule has 5 nitrogen and oxygen atoms in total. The Balaban J connectivity index is 2.74. The van der Waals surface area contributed by atoms with Crippen molar-refractivity contribution in [1.82, 2.24) is 4.98 Å². The Morgan fingerprint density at radius 3 is 2.76 bits per heavy atom. The molecule has 0 spiro atoms. The number of carbonyl (C=O) groups excluding carboxylic acids is 1. The number of pyridine rings is 1. The number of rotatable bonds is 2. The predicted octanol–water partition coefficient (Wildman–Crippen LogP) is 1.73. The second kappa shape index (κ2) is 4.21. The maximum Gasteiger partial charge on any atom is 0.350 e. The number of hydrogen-bond donors (Lipinski definition) is 1. The number of nitrogens with zero attached hydrogens (tertiary/aromatic N) is 2. The number of hydrogen-bond acceptors (Lipinski definition) is 6. The molecular weight excluding hydrogens is 238 g/mol. The Morgan fingerprint density at radius 1 is 1.47 bits per heavy atom. The number of methoxy groups -OCH3 is 1. The molecule has 2 aromatic rings. The summed E-state index contributed by atoms with van der Waals surface area (Å²) >= 11 is 1.30. The monoisotopic (exact) mass is 251 g/mol. The summed E-state index contributed by atoms with van der Waals surface area (Å²) in [6, 6.07) is 0. The Hall–Kier alpha value is -1.82. The minimum atomic E-state index is -0.409. The lowest BCUT2D eigenvalue weighted by atomic mass is 10.2. The normalized spacial score (nSPS) is 10.5. The molecule has 2 heterocycles. The van der Waals surface area contributed by atoms with Crippen molar-refractivity contribution >= 4 is 38.8 Å². The fourth-order valence-electron chi connectivity index (χ4n) is 1.64. The van der Waals surface area contributed by atoms with Gasteiger partial charge >= 0.3 is 5.97 Å². The molecule has 0 saturated heterocycles. The number of ether oxygens (including phenoxy) is 1. The fourth-order valence-corrected chi connectivity index (χ4v) is 2.67. The van der Waals surface area contributed by atoms with Crippen LogP contribution in [0.15, 0.2) is 12.4 Å². The molecule has 0 bridgehead atoms. The summed E-state index contributed by atoms with van der Waals surface area (Å²) in [6.45, 7) is 0. The van der Waals surface area contributed by atoms with E-state index in [-0.39, 0.29) is 0 Å². The zero-order valence-electron chi connectivity index (χ0n) is 9.85. The number of carbonyl (C=O) groups is 1. The van der Waals surface area contributed by atoms with Crippen molar-refractivity contribution in [3.63, 3.8) is 0 Å². The summed E-state index contributed by atoms with van der Waals surface area (Å²) in [6.07, 6.45) is 3.43. The van der Waals surface area contributed by atoms with Gasteiger partial charge in [-0.3, -0.25) is 4.98 Å². The van der Waals surface area contributed by atoms with Crippen LogP contribution in [0.4, 0.5) is 11.4 Å². The number of esters is 1. The highest BCUT2D eigenvalue weighted by molar-refractivity contribution is 7.21. The van der Waals surface area contributed by atoms with E-state index >= 15 is 0 Å². The molecule has 6 heteroatoms. The Labute approximate surface area is 103 Å². The third-order valence-corrected chi connectivity index (χ3v) is 3.59. The Morgan fingerprint density at radius 2 is 2.18 bits per heavy atom. The lowest BCUT2D eigenvalue weighted by Gasteiger charge is -2.13. The number of aromatic nitrogens is 1. The number of fused-ring (bicyclic) bond motifs is 1. The van der Waals surface area contributed by atoms with Gasteiger partial charge in [-0.2, -0.15) is 0 Å². The predicted molar refractivity (Wildman–Crippen MR) is 69.7 cm³/mol. The van der Waals surface area contributed by atoms with Gasteiger partial charge in [-0.1, -0.05) is 0 Å². The smallest absolute Gasteiger partial charge is 0.350 e. The zero-order valence-corrected chi connectivity index (χ0v) is 10.7. The van der Waals surface area contributed by atoms with E-state index in [4.69, 9.17) is 10.5 Å². The lowest BCUT2D eigenvalue weighted by molar-refractivity contribution is 0.0607. The lowest BCUT2D eigenvalue weighted by Crippen LogP contribution is -2.10. The van der Waals surface area contributed by atoms with Crippen LogP contribution in [0.2, 0.25) is 0 Å². The van der Waals surface area contributed by atoms with Gasteiger partial charge in [-0.15, -0.1) is 11.3 Å². The first-order valence-corrected chi connectivity index (χ1v) is 5.79. The van der Waals surface area contributed by atoms with Crippen molar-refractivity contribution < 1.29 is 9.53 Å². The van der Waals surface area contributed by atoms with Gasteiger partial charge in [-0.05, 0) is 0 Å². The van der Waals surface area contributed by atoms with Gasteiger partial charge in [0.15, 0.2) is 0 Å². The van der Waals surface area contributed by atoms with Gasteiger partial charge in [0.2, 0.25) is 0 Å². The SMILES string of the molecule is COC(=O)c1sc2cncc(N(C)C)c2c1N. The van der Waals surface area contributed by atoms with Crippen LogP contribution in [0.25, 0.3) is 10.1 Å². The van der Waals surface area contributed by atoms with Gasteiger partial charge in [0.05, 0.1) is 29.4 Å². The van der Waals surface area contributed by atoms with Crippen LogP contribution < -0.4 is 10.6 Å². The van der Waals surface area contributed by atoms with Gasteiger partial charge in [0.1, 0.15) is 4.88 Å². The van der Waals surface area contributed by atoms with E-state index in [2.05, 4.69) is 4.98 Å². The standard InChI is InChI=1S/C11H13N3O2S/c1-14(2)6-4-13-5-7-8(6)9(12)10(17-7)11(15)16-3/h4-5H,12H2,1-3H3. The average Bonchev–Trinajstić information content (AvgIpc) is 2.66. The van der Waals surface area contributed by atoms with Crippen LogP contribution >= 0.6 is 11.3 Å². The van der Waals surface area contributed by atoms with Gasteiger partial charge in [0, 0.05) is 25.7 Å². The van der Waals surface area contributed by atoms with E-state index in [0.717, 1.165) is 15.8 Å². The van der Waals surface area contributed by atoms with Gasteiger partial charge < -0.3 is 15.4 Å². The van der Waals surface area contributed by atoms with Crippen molar-refractivity contribution in [1.29, 1.82) is 0 Å². The Kier molecular flexibility index (Phi) is 2.89. The third-order valence-electron chi connectivity index (χ3n) is 2.47. The van der Waals surface area contributed by atoms with Crippen LogP contribution in [0.3, 0.4) is 0 Å². The Bertz CT molecular complexity index is 577. The number of nitrogens with two attached hydrogens (primary N) is 1. The van der Waals surface area contributed by atoms with E-state index in [9.17, 15) is 4.79 Å². The molecule has 0 saturated carbocycles. The molecule has 0 atom stereocenters. The highest BCUT2D eigenvalue weighted by atomic mass is 32.1. The third kappa shape index (κ3) is 1.80. The minimum Gasteiger partial charge on any atom is -0.465 e. The molecule has 0 unspecified atom stereocenters. The molecule has 0 aliphatic carbocycles. The molecule has 0 aliphatic heterocycles. The molecule has 0 aromatic carbocycles. The first-order chi connectivity index (χ1) is 8.06. The molecular formula is C11H13N3O2S. The van der Waals surface area contributed by atoms with E-state index < -0.39 is 5.97 Å². The second-order valence-corrected chi connectivity index (χ2v) is 4.81. The first-order valence-electron chi connectivity index (χ1n) is 4.98. The zero-order chi connectivity index (χ0) is 12.6. The van der Waals surface area contributed by atoms with E-state index in [0.29, 0.717) is 10.6 Å². The molecule has 2 aromatic heterocycles. The van der Waals surface area contributed by atoms with E-state index in [1.54, 1.807) is 12.4 Å². The maximum atomic E-state index is 11.6. The van der Waals surface area contributed by atoms with Crippen LogP contribution in [0, 0.1) is 0 Å². The van der Waals surface area contributed by atoms with Crippen molar-refractivity contribution in [2.75, 3.05) is 31.8 Å². The van der Waals surface area contributed by atoms with Crippen molar-refractivity contribution in [3.05, 3.63) is 17.3 Å². The van der Waals surface area contributed by atoms with Crippen molar-refractivity contribution in [3.8, 4) is 0 Å². The maximum absolute atomic E-state index is 11.6. The van der Waals surface area contributed by atoms with Crippen LogP contribution in [0.5, 0.6) is 0 Å². The second-order valence-electron chi connectivity index (χ2n) is 3.76. The molecule has 0 radical (unpaired) electrons. The molecule has 0 fully saturated rings. The molecule has 0 aliphatic rings. The molecule has 2 N–H and O–H groups in total. The van der Waals surface area contributed by atoms with Crippen molar-refractivity contribution in [2.24, 2.45) is 0 Å².